The summed E-state index contributed by atoms with van der Waals surface area (Å²) in [4.78, 5) is 11.2. The van der Waals surface area contributed by atoms with E-state index in [4.69, 9.17) is 10.8 Å². The number of methoxy groups -OCH3 is 2. The maximum Gasteiger partial charge on any atom is 0.387 e. The number of rotatable bonds is 7. The molecule has 0 saturated carbocycles. The molecule has 0 aliphatic carbocycles. The molecular formula is C16H15F2N3O4S. The summed E-state index contributed by atoms with van der Waals surface area (Å²) in [5.41, 5.74) is 1.22. The fraction of sp³-hybridized carbons (Fsp3) is 0.250. The van der Waals surface area contributed by atoms with Crippen LogP contribution in [0.15, 0.2) is 35.6 Å². The molecule has 0 spiro atoms. The maximum atomic E-state index is 12.7. The van der Waals surface area contributed by atoms with Gasteiger partial charge in [-0.3, -0.25) is 9.19 Å². The van der Waals surface area contributed by atoms with Crippen molar-refractivity contribution in [3.05, 3.63) is 36.2 Å². The number of pyridine rings is 1. The third-order valence-electron chi connectivity index (χ3n) is 3.45. The highest BCUT2D eigenvalue weighted by Crippen LogP contribution is 2.30. The fourth-order valence-corrected chi connectivity index (χ4v) is 3.35. The average Bonchev–Trinajstić information content (AvgIpc) is 3.06. The summed E-state index contributed by atoms with van der Waals surface area (Å²) in [7, 11) is -0.522. The van der Waals surface area contributed by atoms with Gasteiger partial charge in [-0.1, -0.05) is 0 Å². The highest BCUT2D eigenvalue weighted by atomic mass is 32.2. The molecule has 3 rings (SSSR count). The number of alkyl halides is 2. The number of hydrogen-bond acceptors (Lipinski definition) is 6. The molecule has 1 atom stereocenters. The molecular weight excluding hydrogens is 368 g/mol. The number of nitrogens with zero attached hydrogens (tertiary/aromatic N) is 2. The minimum Gasteiger partial charge on any atom is -0.493 e. The zero-order valence-electron chi connectivity index (χ0n) is 14.6. The molecule has 1 N–H and O–H groups in total. The third-order valence-corrected chi connectivity index (χ3v) is 4.61. The van der Waals surface area contributed by atoms with Gasteiger partial charge in [0.05, 0.1) is 48.8 Å². The second-order valence-electron chi connectivity index (χ2n) is 5.02. The van der Waals surface area contributed by atoms with Gasteiger partial charge < -0.3 is 19.2 Å². The molecule has 7 nitrogen and oxygen atoms in total. The molecule has 0 aliphatic rings. The minimum atomic E-state index is -2.94. The van der Waals surface area contributed by atoms with Gasteiger partial charge >= 0.3 is 6.61 Å². The van der Waals surface area contributed by atoms with Crippen molar-refractivity contribution in [2.45, 2.75) is 17.5 Å². The third kappa shape index (κ3) is 3.74. The van der Waals surface area contributed by atoms with Gasteiger partial charge in [0.2, 0.25) is 0 Å². The first-order valence-corrected chi connectivity index (χ1v) is 8.60. The Morgan fingerprint density at radius 1 is 1.35 bits per heavy atom. The van der Waals surface area contributed by atoms with Gasteiger partial charge in [0.25, 0.3) is 0 Å². The number of benzene rings is 1. The van der Waals surface area contributed by atoms with Gasteiger partial charge in [0, 0.05) is 18.3 Å². The smallest absolute Gasteiger partial charge is 0.387 e. The predicted molar refractivity (Wildman–Crippen MR) is 90.2 cm³/mol. The van der Waals surface area contributed by atoms with Crippen molar-refractivity contribution < 1.29 is 28.6 Å². The Bertz CT molecular complexity index is 970. The van der Waals surface area contributed by atoms with E-state index in [1.165, 1.54) is 31.5 Å². The van der Waals surface area contributed by atoms with Crippen molar-refractivity contribution in [1.29, 1.82) is 0 Å². The summed E-state index contributed by atoms with van der Waals surface area (Å²) >= 11 is 0. The summed E-state index contributed by atoms with van der Waals surface area (Å²) in [6.07, 6.45) is 1.48. The van der Waals surface area contributed by atoms with E-state index in [9.17, 15) is 13.0 Å². The lowest BCUT2D eigenvalue weighted by Gasteiger charge is -2.10. The molecule has 0 aliphatic heterocycles. The molecule has 0 radical (unpaired) electrons. The van der Waals surface area contributed by atoms with Crippen molar-refractivity contribution >= 4 is 21.8 Å². The molecule has 0 bridgehead atoms. The normalized spacial score (nSPS) is 12.8. The lowest BCUT2D eigenvalue weighted by Crippen LogP contribution is -2.04. The molecule has 0 fully saturated rings. The van der Waals surface area contributed by atoms with E-state index < -0.39 is 17.4 Å². The molecule has 26 heavy (non-hydrogen) atoms. The highest BCUT2D eigenvalue weighted by Gasteiger charge is 2.17. The lowest BCUT2D eigenvalue weighted by atomic mass is 10.3. The Kier molecular flexibility index (Phi) is 4.91. The van der Waals surface area contributed by atoms with Crippen molar-refractivity contribution in [2.75, 3.05) is 14.2 Å². The highest BCUT2D eigenvalue weighted by molar-refractivity contribution is 7.84. The largest absolute Gasteiger partial charge is 0.493 e. The number of fused-ring (bicyclic) bond motifs is 1. The quantitative estimate of drug-likeness (QED) is 0.674. The molecule has 0 saturated heterocycles. The number of aromatic nitrogens is 3. The van der Waals surface area contributed by atoms with Crippen LogP contribution in [0.4, 0.5) is 8.78 Å². The van der Waals surface area contributed by atoms with Crippen LogP contribution in [0.3, 0.4) is 0 Å². The van der Waals surface area contributed by atoms with Crippen LogP contribution >= 0.6 is 0 Å². The zero-order valence-corrected chi connectivity index (χ0v) is 14.4. The molecule has 3 aromatic rings. The Hall–Kier alpha value is -2.75. The van der Waals surface area contributed by atoms with Gasteiger partial charge in [-0.15, -0.1) is 0 Å². The van der Waals surface area contributed by atoms with Gasteiger partial charge in [0.1, 0.15) is 5.75 Å². The first kappa shape index (κ1) is 16.7. The van der Waals surface area contributed by atoms with Crippen molar-refractivity contribution in [1.82, 2.24) is 15.0 Å². The SMILES string of the molecule is [2H]COc1c(OC)ccnc1CS(=O)c1nc2ccc(OC(F)F)cc2[nH]1. The summed E-state index contributed by atoms with van der Waals surface area (Å²) in [6.45, 7) is -2.94. The van der Waals surface area contributed by atoms with Gasteiger partial charge in [-0.25, -0.2) is 4.98 Å². The summed E-state index contributed by atoms with van der Waals surface area (Å²) in [5, 5.41) is 0.153. The number of nitrogens with one attached hydrogen (secondary N) is 1. The molecule has 1 unspecified atom stereocenters. The van der Waals surface area contributed by atoms with E-state index >= 15 is 0 Å². The van der Waals surface area contributed by atoms with E-state index in [1.54, 1.807) is 6.07 Å². The van der Waals surface area contributed by atoms with Crippen LogP contribution in [0.5, 0.6) is 17.2 Å². The lowest BCUT2D eigenvalue weighted by molar-refractivity contribution is -0.0497. The Morgan fingerprint density at radius 2 is 2.19 bits per heavy atom. The van der Waals surface area contributed by atoms with E-state index in [2.05, 4.69) is 19.7 Å². The Balaban J connectivity index is 1.86. The Labute approximate surface area is 151 Å². The summed E-state index contributed by atoms with van der Waals surface area (Å²) in [5.74, 6) is 0.557. The monoisotopic (exact) mass is 384 g/mol. The van der Waals surface area contributed by atoms with Crippen LogP contribution in [-0.2, 0) is 16.6 Å². The number of halogens is 2. The average molecular weight is 384 g/mol. The van der Waals surface area contributed by atoms with Crippen LogP contribution in [0.2, 0.25) is 0 Å². The molecule has 138 valence electrons. The summed E-state index contributed by atoms with van der Waals surface area (Å²) in [6, 6.07) is 5.77. The van der Waals surface area contributed by atoms with E-state index in [0.29, 0.717) is 22.5 Å². The van der Waals surface area contributed by atoms with Crippen LogP contribution < -0.4 is 14.2 Å². The molecule has 0 amide bonds. The fourth-order valence-electron chi connectivity index (χ4n) is 2.33. The topological polar surface area (TPSA) is 86.3 Å². The van der Waals surface area contributed by atoms with Crippen LogP contribution in [-0.4, -0.2) is 40.0 Å². The number of imidazole rings is 1. The molecule has 1 aromatic carbocycles. The number of H-pyrrole nitrogens is 1. The van der Waals surface area contributed by atoms with Gasteiger partial charge in [0.15, 0.2) is 16.7 Å². The minimum absolute atomic E-state index is 0.0286. The predicted octanol–water partition coefficient (Wildman–Crippen LogP) is 2.88. The zero-order chi connectivity index (χ0) is 19.4. The van der Waals surface area contributed by atoms with Crippen molar-refractivity contribution in [3.63, 3.8) is 0 Å². The van der Waals surface area contributed by atoms with Crippen molar-refractivity contribution in [2.24, 2.45) is 0 Å². The van der Waals surface area contributed by atoms with Crippen LogP contribution in [0.1, 0.15) is 7.06 Å². The molecule has 2 aromatic heterocycles. The van der Waals surface area contributed by atoms with Crippen molar-refractivity contribution in [3.8, 4) is 17.2 Å². The second kappa shape index (κ2) is 7.65. The maximum absolute atomic E-state index is 12.7. The Morgan fingerprint density at radius 3 is 2.92 bits per heavy atom. The van der Waals surface area contributed by atoms with Crippen LogP contribution in [0.25, 0.3) is 11.0 Å². The number of aromatic amines is 1. The number of hydrogen-bond donors (Lipinski definition) is 1. The molecule has 2 heterocycles. The van der Waals surface area contributed by atoms with Gasteiger partial charge in [-0.05, 0) is 12.1 Å². The summed E-state index contributed by atoms with van der Waals surface area (Å²) < 4.78 is 59.3. The van der Waals surface area contributed by atoms with E-state index in [1.807, 2.05) is 0 Å². The van der Waals surface area contributed by atoms with Gasteiger partial charge in [-0.2, -0.15) is 8.78 Å². The first-order valence-electron chi connectivity index (χ1n) is 7.99. The van der Waals surface area contributed by atoms with E-state index in [-0.39, 0.29) is 29.5 Å². The number of ether oxygens (including phenoxy) is 3. The van der Waals surface area contributed by atoms with E-state index in [0.717, 1.165) is 0 Å². The standard InChI is InChI=1S/C16H15F2N3O4S/c1-23-13-5-6-19-12(14(13)24-2)8-26(22)16-20-10-4-3-9(25-15(17)18)7-11(10)21-16/h3-7,15H,8H2,1-2H3,(H,20,21)/i2D. The second-order valence-corrected chi connectivity index (χ2v) is 6.39. The first-order chi connectivity index (χ1) is 13.0. The van der Waals surface area contributed by atoms with Crippen LogP contribution in [0, 0.1) is 0 Å². The molecule has 10 heteroatoms.